The van der Waals surface area contributed by atoms with Crippen molar-refractivity contribution in [3.8, 4) is 0 Å². The van der Waals surface area contributed by atoms with Crippen LogP contribution in [-0.4, -0.2) is 73.7 Å². The number of carbonyl (C=O) groups excluding carboxylic acids is 1. The molecule has 2 fully saturated rings. The van der Waals surface area contributed by atoms with Gasteiger partial charge in [0, 0.05) is 25.2 Å². The molecule has 1 N–H and O–H groups in total. The molecule has 0 radical (unpaired) electrons. The Morgan fingerprint density at radius 3 is 2.43 bits per heavy atom. The van der Waals surface area contributed by atoms with E-state index in [1.807, 2.05) is 0 Å². The molecule has 2 heterocycles. The van der Waals surface area contributed by atoms with Crippen molar-refractivity contribution in [2.45, 2.75) is 39.2 Å². The Morgan fingerprint density at radius 2 is 1.81 bits per heavy atom. The van der Waals surface area contributed by atoms with Gasteiger partial charge in [-0.1, -0.05) is 6.92 Å². The Labute approximate surface area is 129 Å². The molecule has 21 heavy (non-hydrogen) atoms. The van der Waals surface area contributed by atoms with Gasteiger partial charge in [-0.3, -0.25) is 14.6 Å². The molecule has 2 saturated heterocycles. The third-order valence-corrected chi connectivity index (χ3v) is 4.83. The summed E-state index contributed by atoms with van der Waals surface area (Å²) < 4.78 is 5.39. The summed E-state index contributed by atoms with van der Waals surface area (Å²) in [5, 5.41) is 3.12. The van der Waals surface area contributed by atoms with Crippen LogP contribution in [0.25, 0.3) is 0 Å². The summed E-state index contributed by atoms with van der Waals surface area (Å²) in [6, 6.07) is 0. The molecule has 0 saturated carbocycles. The van der Waals surface area contributed by atoms with Gasteiger partial charge in [-0.2, -0.15) is 0 Å². The lowest BCUT2D eigenvalue weighted by Crippen LogP contribution is -2.56. The van der Waals surface area contributed by atoms with E-state index in [-0.39, 0.29) is 11.4 Å². The number of hydrogen-bond acceptors (Lipinski definition) is 4. The largest absolute Gasteiger partial charge is 0.379 e. The Kier molecular flexibility index (Phi) is 6.02. The summed E-state index contributed by atoms with van der Waals surface area (Å²) in [5.41, 5.74) is -0.00411. The van der Waals surface area contributed by atoms with Crippen LogP contribution in [0.4, 0.5) is 0 Å². The second-order valence-corrected chi connectivity index (χ2v) is 7.15. The van der Waals surface area contributed by atoms with Crippen molar-refractivity contribution in [2.75, 3.05) is 52.5 Å². The second kappa shape index (κ2) is 7.56. The lowest BCUT2D eigenvalue weighted by molar-refractivity contribution is -0.123. The number of hydrogen-bond donors (Lipinski definition) is 1. The van der Waals surface area contributed by atoms with Crippen molar-refractivity contribution < 1.29 is 9.53 Å². The molecule has 1 amide bonds. The van der Waals surface area contributed by atoms with Gasteiger partial charge in [-0.05, 0) is 45.7 Å². The molecular weight excluding hydrogens is 266 g/mol. The molecule has 2 aliphatic heterocycles. The summed E-state index contributed by atoms with van der Waals surface area (Å²) in [6.45, 7) is 13.5. The molecule has 0 bridgehead atoms. The fourth-order valence-electron chi connectivity index (χ4n) is 3.07. The molecule has 0 aliphatic carbocycles. The molecule has 2 aliphatic rings. The van der Waals surface area contributed by atoms with Crippen molar-refractivity contribution in [2.24, 2.45) is 5.92 Å². The maximum Gasteiger partial charge on any atom is 0.234 e. The Morgan fingerprint density at radius 1 is 1.19 bits per heavy atom. The standard InChI is InChI=1S/C16H31N3O2/c1-14-4-6-18(7-5-14)12-15(20)17-13-16(2,3)19-8-10-21-11-9-19/h14H,4-13H2,1-3H3,(H,17,20). The fraction of sp³-hybridized carbons (Fsp3) is 0.938. The molecule has 122 valence electrons. The Hall–Kier alpha value is -0.650. The average Bonchev–Trinajstić information content (AvgIpc) is 2.49. The van der Waals surface area contributed by atoms with Gasteiger partial charge in [0.05, 0.1) is 19.8 Å². The number of amides is 1. The predicted molar refractivity (Wildman–Crippen MR) is 84.3 cm³/mol. The van der Waals surface area contributed by atoms with Gasteiger partial charge < -0.3 is 10.1 Å². The first-order valence-electron chi connectivity index (χ1n) is 8.29. The smallest absolute Gasteiger partial charge is 0.234 e. The van der Waals surface area contributed by atoms with Crippen molar-refractivity contribution in [1.82, 2.24) is 15.1 Å². The van der Waals surface area contributed by atoms with E-state index in [9.17, 15) is 4.79 Å². The van der Waals surface area contributed by atoms with Gasteiger partial charge in [-0.15, -0.1) is 0 Å². The van der Waals surface area contributed by atoms with Crippen LogP contribution in [-0.2, 0) is 9.53 Å². The van der Waals surface area contributed by atoms with Crippen LogP contribution in [0.2, 0.25) is 0 Å². The van der Waals surface area contributed by atoms with Crippen LogP contribution >= 0.6 is 0 Å². The molecule has 0 aromatic rings. The maximum atomic E-state index is 12.1. The zero-order valence-corrected chi connectivity index (χ0v) is 13.9. The van der Waals surface area contributed by atoms with E-state index in [0.717, 1.165) is 45.3 Å². The third kappa shape index (κ3) is 5.24. The number of morpholine rings is 1. The summed E-state index contributed by atoms with van der Waals surface area (Å²) in [5.74, 6) is 0.968. The van der Waals surface area contributed by atoms with Gasteiger partial charge in [0.15, 0.2) is 0 Å². The SMILES string of the molecule is CC1CCN(CC(=O)NCC(C)(C)N2CCOCC2)CC1. The topological polar surface area (TPSA) is 44.8 Å². The molecule has 0 spiro atoms. The average molecular weight is 297 g/mol. The number of ether oxygens (including phenoxy) is 1. The molecule has 0 atom stereocenters. The van der Waals surface area contributed by atoms with Gasteiger partial charge in [0.2, 0.25) is 5.91 Å². The number of nitrogens with zero attached hydrogens (tertiary/aromatic N) is 2. The number of nitrogens with one attached hydrogen (secondary N) is 1. The Balaban J connectivity index is 1.70. The van der Waals surface area contributed by atoms with Crippen LogP contribution in [0.1, 0.15) is 33.6 Å². The van der Waals surface area contributed by atoms with Crippen LogP contribution < -0.4 is 5.32 Å². The van der Waals surface area contributed by atoms with Crippen LogP contribution in [0.3, 0.4) is 0 Å². The lowest BCUT2D eigenvalue weighted by Gasteiger charge is -2.41. The van der Waals surface area contributed by atoms with Crippen LogP contribution in [0, 0.1) is 5.92 Å². The lowest BCUT2D eigenvalue weighted by atomic mass is 9.99. The summed E-state index contributed by atoms with van der Waals surface area (Å²) in [6.07, 6.45) is 2.43. The number of piperidine rings is 1. The van der Waals surface area contributed by atoms with E-state index in [1.165, 1.54) is 12.8 Å². The fourth-order valence-corrected chi connectivity index (χ4v) is 3.07. The molecule has 5 heteroatoms. The van der Waals surface area contributed by atoms with E-state index in [1.54, 1.807) is 0 Å². The van der Waals surface area contributed by atoms with E-state index in [2.05, 4.69) is 35.9 Å². The number of carbonyl (C=O) groups is 1. The van der Waals surface area contributed by atoms with Gasteiger partial charge in [-0.25, -0.2) is 0 Å². The minimum absolute atomic E-state index is 0.00411. The van der Waals surface area contributed by atoms with Crippen molar-refractivity contribution in [1.29, 1.82) is 0 Å². The van der Waals surface area contributed by atoms with Crippen molar-refractivity contribution >= 4 is 5.91 Å². The molecular formula is C16H31N3O2. The number of rotatable bonds is 5. The zero-order chi connectivity index (χ0) is 15.3. The first-order valence-corrected chi connectivity index (χ1v) is 8.29. The number of likely N-dealkylation sites (tertiary alicyclic amines) is 1. The highest BCUT2D eigenvalue weighted by atomic mass is 16.5. The molecule has 5 nitrogen and oxygen atoms in total. The van der Waals surface area contributed by atoms with E-state index in [0.29, 0.717) is 13.1 Å². The summed E-state index contributed by atoms with van der Waals surface area (Å²) in [7, 11) is 0. The monoisotopic (exact) mass is 297 g/mol. The minimum Gasteiger partial charge on any atom is -0.379 e. The first-order chi connectivity index (χ1) is 9.97. The molecule has 0 aromatic carbocycles. The summed E-state index contributed by atoms with van der Waals surface area (Å²) >= 11 is 0. The second-order valence-electron chi connectivity index (χ2n) is 7.15. The predicted octanol–water partition coefficient (Wildman–Crippen LogP) is 0.945. The van der Waals surface area contributed by atoms with Crippen molar-refractivity contribution in [3.63, 3.8) is 0 Å². The van der Waals surface area contributed by atoms with Gasteiger partial charge in [0.25, 0.3) is 0 Å². The first kappa shape index (κ1) is 16.7. The summed E-state index contributed by atoms with van der Waals surface area (Å²) in [4.78, 5) is 16.8. The van der Waals surface area contributed by atoms with E-state index >= 15 is 0 Å². The van der Waals surface area contributed by atoms with E-state index < -0.39 is 0 Å². The maximum absolute atomic E-state index is 12.1. The highest BCUT2D eigenvalue weighted by Gasteiger charge is 2.28. The van der Waals surface area contributed by atoms with Gasteiger partial charge >= 0.3 is 0 Å². The third-order valence-electron chi connectivity index (χ3n) is 4.83. The van der Waals surface area contributed by atoms with E-state index in [4.69, 9.17) is 4.74 Å². The minimum atomic E-state index is -0.00411. The molecule has 0 unspecified atom stereocenters. The molecule has 0 aromatic heterocycles. The Bertz CT molecular complexity index is 332. The highest BCUT2D eigenvalue weighted by molar-refractivity contribution is 5.78. The quantitative estimate of drug-likeness (QED) is 0.820. The molecule has 2 rings (SSSR count). The normalized spacial score (nSPS) is 23.2. The van der Waals surface area contributed by atoms with Crippen LogP contribution in [0.15, 0.2) is 0 Å². The highest BCUT2D eigenvalue weighted by Crippen LogP contribution is 2.16. The van der Waals surface area contributed by atoms with Crippen LogP contribution in [0.5, 0.6) is 0 Å². The van der Waals surface area contributed by atoms with Gasteiger partial charge in [0.1, 0.15) is 0 Å². The zero-order valence-electron chi connectivity index (χ0n) is 13.9. The van der Waals surface area contributed by atoms with Crippen molar-refractivity contribution in [3.05, 3.63) is 0 Å².